The average molecular weight is 303 g/mol. The van der Waals surface area contributed by atoms with Gasteiger partial charge >= 0.3 is 0 Å². The van der Waals surface area contributed by atoms with Crippen LogP contribution in [0.4, 0.5) is 10.1 Å². The van der Waals surface area contributed by atoms with Crippen LogP contribution in [0.15, 0.2) is 48.5 Å². The molecule has 0 radical (unpaired) electrons. The van der Waals surface area contributed by atoms with Crippen LogP contribution in [0, 0.1) is 5.82 Å². The van der Waals surface area contributed by atoms with E-state index < -0.39 is 11.9 Å². The molecule has 116 valence electrons. The molecule has 0 saturated carbocycles. The Morgan fingerprint density at radius 3 is 2.45 bits per heavy atom. The summed E-state index contributed by atoms with van der Waals surface area (Å²) in [7, 11) is 1.58. The van der Waals surface area contributed by atoms with E-state index in [1.54, 1.807) is 37.4 Å². The molecule has 0 aliphatic heterocycles. The van der Waals surface area contributed by atoms with Gasteiger partial charge in [0.15, 0.2) is 6.10 Å². The van der Waals surface area contributed by atoms with Crippen molar-refractivity contribution >= 4 is 11.6 Å². The van der Waals surface area contributed by atoms with Gasteiger partial charge in [-0.05, 0) is 48.9 Å². The number of benzene rings is 2. The molecule has 1 unspecified atom stereocenters. The predicted molar refractivity (Wildman–Crippen MR) is 82.7 cm³/mol. The van der Waals surface area contributed by atoms with E-state index in [9.17, 15) is 9.18 Å². The fourth-order valence-electron chi connectivity index (χ4n) is 1.93. The number of carbonyl (C=O) groups excluding carboxylic acids is 1. The smallest absolute Gasteiger partial charge is 0.265 e. The Hall–Kier alpha value is -2.56. The van der Waals surface area contributed by atoms with Gasteiger partial charge in [-0.15, -0.1) is 0 Å². The standard InChI is InChI=1S/C17H18FNO3/c1-3-16(22-15-9-7-14(21-2)8-10-15)17(20)19-13-6-4-5-12(18)11-13/h4-11,16H,3H2,1-2H3,(H,19,20). The van der Waals surface area contributed by atoms with Gasteiger partial charge in [-0.3, -0.25) is 4.79 Å². The van der Waals surface area contributed by atoms with E-state index in [1.165, 1.54) is 18.2 Å². The second kappa shape index (κ2) is 7.45. The van der Waals surface area contributed by atoms with Gasteiger partial charge in [0, 0.05) is 5.69 Å². The molecule has 22 heavy (non-hydrogen) atoms. The Morgan fingerprint density at radius 2 is 1.86 bits per heavy atom. The lowest BCUT2D eigenvalue weighted by Gasteiger charge is -2.17. The van der Waals surface area contributed by atoms with Crippen molar-refractivity contribution in [1.29, 1.82) is 0 Å². The molecule has 0 fully saturated rings. The number of ether oxygens (including phenoxy) is 2. The number of nitrogens with one attached hydrogen (secondary N) is 1. The first-order chi connectivity index (χ1) is 10.6. The van der Waals surface area contributed by atoms with Crippen molar-refractivity contribution < 1.29 is 18.7 Å². The van der Waals surface area contributed by atoms with Gasteiger partial charge in [0.05, 0.1) is 7.11 Å². The van der Waals surface area contributed by atoms with Crippen molar-refractivity contribution in [3.63, 3.8) is 0 Å². The number of carbonyl (C=O) groups is 1. The molecule has 2 aromatic carbocycles. The predicted octanol–water partition coefficient (Wildman–Crippen LogP) is 3.63. The zero-order valence-electron chi connectivity index (χ0n) is 12.5. The molecular weight excluding hydrogens is 285 g/mol. The normalized spacial score (nSPS) is 11.6. The summed E-state index contributed by atoms with van der Waals surface area (Å²) in [4.78, 5) is 12.2. The van der Waals surface area contributed by atoms with Crippen LogP contribution in [-0.4, -0.2) is 19.1 Å². The summed E-state index contributed by atoms with van der Waals surface area (Å²) in [5.74, 6) is 0.567. The number of amides is 1. The summed E-state index contributed by atoms with van der Waals surface area (Å²) < 4.78 is 23.9. The number of methoxy groups -OCH3 is 1. The highest BCUT2D eigenvalue weighted by Crippen LogP contribution is 2.19. The highest BCUT2D eigenvalue weighted by Gasteiger charge is 2.18. The Balaban J connectivity index is 2.02. The van der Waals surface area contributed by atoms with E-state index in [-0.39, 0.29) is 5.91 Å². The van der Waals surface area contributed by atoms with Crippen LogP contribution in [0.25, 0.3) is 0 Å². The molecule has 0 aliphatic rings. The lowest BCUT2D eigenvalue weighted by molar-refractivity contribution is -0.122. The van der Waals surface area contributed by atoms with E-state index >= 15 is 0 Å². The van der Waals surface area contributed by atoms with Crippen molar-refractivity contribution in [1.82, 2.24) is 0 Å². The number of anilines is 1. The third-order valence-corrected chi connectivity index (χ3v) is 3.09. The molecule has 4 nitrogen and oxygen atoms in total. The van der Waals surface area contributed by atoms with Crippen molar-refractivity contribution in [2.75, 3.05) is 12.4 Å². The molecule has 0 heterocycles. The van der Waals surface area contributed by atoms with Crippen LogP contribution >= 0.6 is 0 Å². The zero-order chi connectivity index (χ0) is 15.9. The van der Waals surface area contributed by atoms with Crippen LogP contribution in [0.3, 0.4) is 0 Å². The maximum Gasteiger partial charge on any atom is 0.265 e. The second-order valence-electron chi connectivity index (χ2n) is 4.69. The minimum atomic E-state index is -0.656. The Morgan fingerprint density at radius 1 is 1.18 bits per heavy atom. The first kappa shape index (κ1) is 15.8. The lowest BCUT2D eigenvalue weighted by atomic mass is 10.2. The molecule has 0 spiro atoms. The van der Waals surface area contributed by atoms with E-state index in [0.29, 0.717) is 23.6 Å². The highest BCUT2D eigenvalue weighted by atomic mass is 19.1. The summed E-state index contributed by atoms with van der Waals surface area (Å²) >= 11 is 0. The average Bonchev–Trinajstić information content (AvgIpc) is 2.53. The first-order valence-electron chi connectivity index (χ1n) is 6.99. The van der Waals surface area contributed by atoms with Gasteiger partial charge in [-0.1, -0.05) is 13.0 Å². The largest absolute Gasteiger partial charge is 0.497 e. The number of rotatable bonds is 6. The molecule has 1 atom stereocenters. The van der Waals surface area contributed by atoms with Crippen LogP contribution in [0.1, 0.15) is 13.3 Å². The van der Waals surface area contributed by atoms with Crippen LogP contribution < -0.4 is 14.8 Å². The van der Waals surface area contributed by atoms with Gasteiger partial charge in [0.1, 0.15) is 17.3 Å². The fourth-order valence-corrected chi connectivity index (χ4v) is 1.93. The third-order valence-electron chi connectivity index (χ3n) is 3.09. The SMILES string of the molecule is CCC(Oc1ccc(OC)cc1)C(=O)Nc1cccc(F)c1. The van der Waals surface area contributed by atoms with Crippen LogP contribution in [0.2, 0.25) is 0 Å². The number of hydrogen-bond donors (Lipinski definition) is 1. The molecule has 2 rings (SSSR count). The van der Waals surface area contributed by atoms with E-state index in [2.05, 4.69) is 5.32 Å². The Labute approximate surface area is 128 Å². The van der Waals surface area contributed by atoms with E-state index in [1.807, 2.05) is 6.92 Å². The minimum Gasteiger partial charge on any atom is -0.497 e. The molecule has 0 bridgehead atoms. The summed E-state index contributed by atoms with van der Waals surface area (Å²) in [6.07, 6.45) is -0.163. The number of hydrogen-bond acceptors (Lipinski definition) is 3. The molecule has 2 aromatic rings. The van der Waals surface area contributed by atoms with E-state index in [0.717, 1.165) is 0 Å². The topological polar surface area (TPSA) is 47.6 Å². The van der Waals surface area contributed by atoms with Gasteiger partial charge < -0.3 is 14.8 Å². The van der Waals surface area contributed by atoms with Crippen molar-refractivity contribution in [3.8, 4) is 11.5 Å². The Bertz CT molecular complexity index is 628. The molecule has 1 N–H and O–H groups in total. The van der Waals surface area contributed by atoms with Crippen molar-refractivity contribution in [3.05, 3.63) is 54.3 Å². The summed E-state index contributed by atoms with van der Waals surface area (Å²) in [5, 5.41) is 2.65. The van der Waals surface area contributed by atoms with Gasteiger partial charge in [0.25, 0.3) is 5.91 Å². The van der Waals surface area contributed by atoms with Crippen LogP contribution in [-0.2, 0) is 4.79 Å². The first-order valence-corrected chi connectivity index (χ1v) is 6.99. The van der Waals surface area contributed by atoms with Gasteiger partial charge in [-0.2, -0.15) is 0 Å². The number of halogens is 1. The second-order valence-corrected chi connectivity index (χ2v) is 4.69. The fraction of sp³-hybridized carbons (Fsp3) is 0.235. The maximum atomic E-state index is 13.1. The molecule has 5 heteroatoms. The third kappa shape index (κ3) is 4.22. The van der Waals surface area contributed by atoms with Crippen molar-refractivity contribution in [2.24, 2.45) is 0 Å². The monoisotopic (exact) mass is 303 g/mol. The summed E-state index contributed by atoms with van der Waals surface area (Å²) in [6, 6.07) is 12.7. The molecule has 0 aromatic heterocycles. The minimum absolute atomic E-state index is 0.316. The quantitative estimate of drug-likeness (QED) is 0.886. The van der Waals surface area contributed by atoms with Gasteiger partial charge in [-0.25, -0.2) is 4.39 Å². The Kier molecular flexibility index (Phi) is 5.36. The lowest BCUT2D eigenvalue weighted by Crippen LogP contribution is -2.32. The maximum absolute atomic E-state index is 13.1. The zero-order valence-corrected chi connectivity index (χ0v) is 12.5. The van der Waals surface area contributed by atoms with Crippen LogP contribution in [0.5, 0.6) is 11.5 Å². The van der Waals surface area contributed by atoms with E-state index in [4.69, 9.17) is 9.47 Å². The van der Waals surface area contributed by atoms with Crippen molar-refractivity contribution in [2.45, 2.75) is 19.4 Å². The molecular formula is C17H18FNO3. The summed E-state index contributed by atoms with van der Waals surface area (Å²) in [6.45, 7) is 1.85. The molecule has 1 amide bonds. The van der Waals surface area contributed by atoms with Gasteiger partial charge in [0.2, 0.25) is 0 Å². The summed E-state index contributed by atoms with van der Waals surface area (Å²) in [5.41, 5.74) is 0.404. The molecule has 0 aliphatic carbocycles. The molecule has 0 saturated heterocycles. The highest BCUT2D eigenvalue weighted by molar-refractivity contribution is 5.94.